The van der Waals surface area contributed by atoms with Crippen molar-refractivity contribution in [1.82, 2.24) is 15.4 Å². The number of esters is 1. The molecule has 36 heavy (non-hydrogen) atoms. The van der Waals surface area contributed by atoms with E-state index in [4.69, 9.17) is 16.3 Å². The second-order valence-electron chi connectivity index (χ2n) is 8.51. The highest BCUT2D eigenvalue weighted by Crippen LogP contribution is 2.31. The number of ether oxygens (including phenoxy) is 1. The highest BCUT2D eigenvalue weighted by molar-refractivity contribution is 7.22. The smallest absolute Gasteiger partial charge is 0.309 e. The van der Waals surface area contributed by atoms with Crippen LogP contribution in [-0.2, 0) is 14.3 Å². The largest absolute Gasteiger partial charge is 0.469 e. The van der Waals surface area contributed by atoms with Gasteiger partial charge in [0, 0.05) is 23.3 Å². The summed E-state index contributed by atoms with van der Waals surface area (Å²) in [6.45, 7) is 3.76. The summed E-state index contributed by atoms with van der Waals surface area (Å²) < 4.78 is 5.82. The lowest BCUT2D eigenvalue weighted by atomic mass is 9.92. The van der Waals surface area contributed by atoms with Crippen LogP contribution in [0.4, 0.5) is 16.6 Å². The third-order valence-electron chi connectivity index (χ3n) is 5.62. The average Bonchev–Trinajstić information content (AvgIpc) is 3.27. The topological polar surface area (TPSA) is 105 Å². The van der Waals surface area contributed by atoms with Gasteiger partial charge in [-0.3, -0.25) is 20.4 Å². The molecule has 0 saturated heterocycles. The van der Waals surface area contributed by atoms with Gasteiger partial charge in [-0.15, -0.1) is 0 Å². The Bertz CT molecular complexity index is 1370. The number of nitrogens with zero attached hydrogens (tertiary/aromatic N) is 2. The molecule has 1 atom stereocenters. The molecule has 0 unspecified atom stereocenters. The maximum Gasteiger partial charge on any atom is 0.309 e. The molecule has 2 aromatic heterocycles. The van der Waals surface area contributed by atoms with E-state index in [0.29, 0.717) is 10.8 Å². The first-order valence-electron chi connectivity index (χ1n) is 11.3. The number of amides is 1. The maximum absolute atomic E-state index is 12.3. The summed E-state index contributed by atoms with van der Waals surface area (Å²) in [6.07, 6.45) is 1.68. The van der Waals surface area contributed by atoms with E-state index in [-0.39, 0.29) is 18.2 Å². The van der Waals surface area contributed by atoms with Crippen molar-refractivity contribution >= 4 is 61.7 Å². The number of aromatic nitrogens is 2. The SMILES string of the molecule is COC(=O)[C@H](CC(=O)NNc1cc(-c2ccc(Nc3nc4ccc(Cl)cc4s3)cc2)ccn1)C(C)C. The zero-order valence-corrected chi connectivity index (χ0v) is 21.6. The van der Waals surface area contributed by atoms with Gasteiger partial charge in [0.25, 0.3) is 0 Å². The van der Waals surface area contributed by atoms with Crippen LogP contribution < -0.4 is 16.2 Å². The number of anilines is 3. The van der Waals surface area contributed by atoms with Crippen LogP contribution >= 0.6 is 22.9 Å². The van der Waals surface area contributed by atoms with E-state index in [9.17, 15) is 9.59 Å². The monoisotopic (exact) mass is 523 g/mol. The lowest BCUT2D eigenvalue weighted by Crippen LogP contribution is -2.34. The highest BCUT2D eigenvalue weighted by atomic mass is 35.5. The number of rotatable bonds is 9. The molecule has 0 bridgehead atoms. The third-order valence-corrected chi connectivity index (χ3v) is 6.79. The highest BCUT2D eigenvalue weighted by Gasteiger charge is 2.25. The first kappa shape index (κ1) is 25.4. The Balaban J connectivity index is 1.38. The van der Waals surface area contributed by atoms with Gasteiger partial charge in [-0.05, 0) is 59.5 Å². The Morgan fingerprint density at radius 3 is 2.56 bits per heavy atom. The zero-order valence-electron chi connectivity index (χ0n) is 20.0. The van der Waals surface area contributed by atoms with Gasteiger partial charge in [-0.25, -0.2) is 9.97 Å². The minimum absolute atomic E-state index is 0.0183. The van der Waals surface area contributed by atoms with Crippen LogP contribution in [0.1, 0.15) is 20.3 Å². The first-order valence-corrected chi connectivity index (χ1v) is 12.5. The Labute approximate surface area is 218 Å². The second-order valence-corrected chi connectivity index (χ2v) is 9.98. The predicted octanol–water partition coefficient (Wildman–Crippen LogP) is 6.03. The molecular weight excluding hydrogens is 498 g/mol. The molecule has 8 nitrogen and oxygen atoms in total. The predicted molar refractivity (Wildman–Crippen MR) is 144 cm³/mol. The van der Waals surface area contributed by atoms with E-state index >= 15 is 0 Å². The molecule has 0 aliphatic carbocycles. The van der Waals surface area contributed by atoms with Crippen molar-refractivity contribution in [2.75, 3.05) is 17.9 Å². The molecule has 186 valence electrons. The van der Waals surface area contributed by atoms with Crippen molar-refractivity contribution in [2.45, 2.75) is 20.3 Å². The van der Waals surface area contributed by atoms with Gasteiger partial charge >= 0.3 is 5.97 Å². The third kappa shape index (κ3) is 6.30. The van der Waals surface area contributed by atoms with Crippen molar-refractivity contribution in [3.8, 4) is 11.1 Å². The van der Waals surface area contributed by atoms with Crippen LogP contribution in [0.3, 0.4) is 0 Å². The lowest BCUT2D eigenvalue weighted by molar-refractivity contribution is -0.149. The van der Waals surface area contributed by atoms with Gasteiger partial charge in [-0.1, -0.05) is 48.9 Å². The van der Waals surface area contributed by atoms with Gasteiger partial charge in [0.1, 0.15) is 5.82 Å². The van der Waals surface area contributed by atoms with Gasteiger partial charge in [-0.2, -0.15) is 0 Å². The molecule has 10 heteroatoms. The van der Waals surface area contributed by atoms with Crippen molar-refractivity contribution in [2.24, 2.45) is 11.8 Å². The van der Waals surface area contributed by atoms with E-state index in [1.54, 1.807) is 17.5 Å². The molecular formula is C26H26ClN5O3S. The summed E-state index contributed by atoms with van der Waals surface area (Å²) in [5.41, 5.74) is 9.16. The number of thiazole rings is 1. The first-order chi connectivity index (χ1) is 17.3. The van der Waals surface area contributed by atoms with E-state index in [1.165, 1.54) is 7.11 Å². The summed E-state index contributed by atoms with van der Waals surface area (Å²) in [6, 6.07) is 17.3. The second kappa shape index (κ2) is 11.4. The summed E-state index contributed by atoms with van der Waals surface area (Å²) in [5, 5.41) is 4.81. The number of hydrogen-bond acceptors (Lipinski definition) is 8. The fraction of sp³-hybridized carbons (Fsp3) is 0.231. The van der Waals surface area contributed by atoms with Crippen molar-refractivity contribution in [3.05, 3.63) is 65.8 Å². The van der Waals surface area contributed by atoms with E-state index < -0.39 is 11.9 Å². The maximum atomic E-state index is 12.3. The Kier molecular flexibility index (Phi) is 8.02. The minimum Gasteiger partial charge on any atom is -0.469 e. The van der Waals surface area contributed by atoms with E-state index in [0.717, 1.165) is 32.2 Å². The minimum atomic E-state index is -0.510. The van der Waals surface area contributed by atoms with E-state index in [1.807, 2.05) is 68.4 Å². The standard InChI is InChI=1S/C26H26ClN5O3S/c1-15(2)20(25(34)35-3)14-24(33)32-31-23-12-17(10-11-28-23)16-4-7-19(8-5-16)29-26-30-21-9-6-18(27)13-22(21)36-26/h4-13,15,20H,14H2,1-3H3,(H,28,31)(H,29,30)(H,32,33)/t20-/m1/s1. The molecule has 4 aromatic rings. The number of nitrogens with one attached hydrogen (secondary N) is 3. The number of methoxy groups -OCH3 is 1. The molecule has 0 aliphatic rings. The Morgan fingerprint density at radius 2 is 1.83 bits per heavy atom. The van der Waals surface area contributed by atoms with Crippen LogP contribution in [0.25, 0.3) is 21.3 Å². The Hall–Kier alpha value is -3.69. The van der Waals surface area contributed by atoms with Gasteiger partial charge in [0.15, 0.2) is 5.13 Å². The van der Waals surface area contributed by atoms with Gasteiger partial charge in [0.2, 0.25) is 5.91 Å². The molecule has 0 radical (unpaired) electrons. The number of fused-ring (bicyclic) bond motifs is 1. The zero-order chi connectivity index (χ0) is 25.7. The fourth-order valence-electron chi connectivity index (χ4n) is 3.63. The van der Waals surface area contributed by atoms with E-state index in [2.05, 4.69) is 26.1 Å². The number of benzene rings is 2. The van der Waals surface area contributed by atoms with Crippen LogP contribution in [0.5, 0.6) is 0 Å². The van der Waals surface area contributed by atoms with Crippen molar-refractivity contribution in [1.29, 1.82) is 0 Å². The summed E-state index contributed by atoms with van der Waals surface area (Å²) in [7, 11) is 1.32. The van der Waals surface area contributed by atoms with Crippen LogP contribution in [0.15, 0.2) is 60.8 Å². The van der Waals surface area contributed by atoms with Crippen LogP contribution in [0, 0.1) is 11.8 Å². The summed E-state index contributed by atoms with van der Waals surface area (Å²) >= 11 is 7.61. The van der Waals surface area contributed by atoms with Crippen molar-refractivity contribution in [3.63, 3.8) is 0 Å². The molecule has 0 saturated carbocycles. The number of hydrazine groups is 1. The van der Waals surface area contributed by atoms with Gasteiger partial charge in [0.05, 0.1) is 23.2 Å². The van der Waals surface area contributed by atoms with Crippen LogP contribution in [0.2, 0.25) is 5.02 Å². The normalized spacial score (nSPS) is 11.8. The molecule has 0 fully saturated rings. The molecule has 0 spiro atoms. The molecule has 0 aliphatic heterocycles. The lowest BCUT2D eigenvalue weighted by Gasteiger charge is -2.18. The molecule has 1 amide bonds. The molecule has 2 heterocycles. The number of halogens is 1. The Morgan fingerprint density at radius 1 is 1.06 bits per heavy atom. The molecule has 3 N–H and O–H groups in total. The number of pyridine rings is 1. The summed E-state index contributed by atoms with van der Waals surface area (Å²) in [5.74, 6) is -0.765. The molecule has 4 rings (SSSR count). The van der Waals surface area contributed by atoms with Crippen LogP contribution in [-0.4, -0.2) is 29.0 Å². The quantitative estimate of drug-likeness (QED) is 0.181. The fourth-order valence-corrected chi connectivity index (χ4v) is 4.79. The van der Waals surface area contributed by atoms with Gasteiger partial charge < -0.3 is 10.1 Å². The summed E-state index contributed by atoms with van der Waals surface area (Å²) in [4.78, 5) is 33.1. The number of carbonyl (C=O) groups excluding carboxylic acids is 2. The number of carbonyl (C=O) groups is 2. The number of hydrogen-bond donors (Lipinski definition) is 3. The molecule has 2 aromatic carbocycles. The van der Waals surface area contributed by atoms with Crippen molar-refractivity contribution < 1.29 is 14.3 Å². The average molecular weight is 524 g/mol.